The number of ether oxygens (including phenoxy) is 1. The first kappa shape index (κ1) is 17.8. The third-order valence-electron chi connectivity index (χ3n) is 2.88. The lowest BCUT2D eigenvalue weighted by atomic mass is 9.91. The maximum absolute atomic E-state index is 11.9. The summed E-state index contributed by atoms with van der Waals surface area (Å²) in [6.45, 7) is 6.98. The summed E-state index contributed by atoms with van der Waals surface area (Å²) in [5, 5.41) is 11.9. The van der Waals surface area contributed by atoms with E-state index in [9.17, 15) is 14.7 Å². The molecule has 0 radical (unpaired) electrons. The number of alkyl carbamates (subject to hydrolysis) is 1. The van der Waals surface area contributed by atoms with E-state index in [0.29, 0.717) is 0 Å². The topological polar surface area (TPSA) is 75.6 Å². The highest BCUT2D eigenvalue weighted by Gasteiger charge is 2.30. The Hall–Kier alpha value is -2.30. The Labute approximate surface area is 131 Å². The van der Waals surface area contributed by atoms with Gasteiger partial charge in [-0.25, -0.2) is 9.59 Å². The summed E-state index contributed by atoms with van der Waals surface area (Å²) < 4.78 is 5.15. The van der Waals surface area contributed by atoms with Gasteiger partial charge in [0.25, 0.3) is 0 Å². The molecule has 0 aliphatic heterocycles. The fourth-order valence-corrected chi connectivity index (χ4v) is 2.04. The van der Waals surface area contributed by atoms with Crippen LogP contribution in [-0.4, -0.2) is 28.8 Å². The zero-order valence-electron chi connectivity index (χ0n) is 13.4. The van der Waals surface area contributed by atoms with Crippen molar-refractivity contribution in [3.63, 3.8) is 0 Å². The zero-order valence-corrected chi connectivity index (χ0v) is 13.4. The zero-order chi connectivity index (χ0) is 16.8. The van der Waals surface area contributed by atoms with Gasteiger partial charge in [-0.1, -0.05) is 42.5 Å². The van der Waals surface area contributed by atoms with Crippen molar-refractivity contribution in [2.24, 2.45) is 0 Å². The van der Waals surface area contributed by atoms with Gasteiger partial charge in [0.2, 0.25) is 0 Å². The van der Waals surface area contributed by atoms with Gasteiger partial charge in [-0.2, -0.15) is 0 Å². The van der Waals surface area contributed by atoms with Gasteiger partial charge in [-0.15, -0.1) is 0 Å². The Balaban J connectivity index is 3.00. The van der Waals surface area contributed by atoms with Crippen molar-refractivity contribution in [3.8, 4) is 0 Å². The molecule has 1 aromatic rings. The number of benzene rings is 1. The van der Waals surface area contributed by atoms with E-state index in [-0.39, 0.29) is 0 Å². The van der Waals surface area contributed by atoms with Crippen molar-refractivity contribution in [1.82, 2.24) is 5.32 Å². The maximum atomic E-state index is 11.9. The van der Waals surface area contributed by atoms with E-state index < -0.39 is 29.6 Å². The molecule has 22 heavy (non-hydrogen) atoms. The van der Waals surface area contributed by atoms with Crippen LogP contribution in [0.2, 0.25) is 0 Å². The molecule has 0 saturated heterocycles. The lowest BCUT2D eigenvalue weighted by Crippen LogP contribution is -2.46. The number of allylic oxidation sites excluding steroid dienone is 1. The maximum Gasteiger partial charge on any atom is 0.408 e. The first-order valence-electron chi connectivity index (χ1n) is 7.14. The summed E-state index contributed by atoms with van der Waals surface area (Å²) in [6.07, 6.45) is 2.78. The predicted molar refractivity (Wildman–Crippen MR) is 84.8 cm³/mol. The number of carboxylic acid groups (broad SMARTS) is 1. The van der Waals surface area contributed by atoms with Gasteiger partial charge in [0.15, 0.2) is 0 Å². The summed E-state index contributed by atoms with van der Waals surface area (Å²) >= 11 is 0. The van der Waals surface area contributed by atoms with E-state index in [2.05, 4.69) is 5.32 Å². The molecule has 120 valence electrons. The summed E-state index contributed by atoms with van der Waals surface area (Å²) in [7, 11) is 0. The van der Waals surface area contributed by atoms with Gasteiger partial charge in [-0.3, -0.25) is 0 Å². The Kier molecular flexibility index (Phi) is 6.16. The third-order valence-corrected chi connectivity index (χ3v) is 2.88. The van der Waals surface area contributed by atoms with Crippen molar-refractivity contribution in [2.75, 3.05) is 0 Å². The number of carbonyl (C=O) groups excluding carboxylic acids is 1. The average molecular weight is 305 g/mol. The fraction of sp³-hybridized carbons (Fsp3) is 0.412. The summed E-state index contributed by atoms with van der Waals surface area (Å²) in [4.78, 5) is 23.5. The number of amides is 1. The van der Waals surface area contributed by atoms with Crippen LogP contribution in [0.5, 0.6) is 0 Å². The molecule has 1 rings (SSSR count). The summed E-state index contributed by atoms with van der Waals surface area (Å²) in [6, 6.07) is 8.08. The molecule has 0 spiro atoms. The molecular formula is C17H23NO4. The highest BCUT2D eigenvalue weighted by molar-refractivity contribution is 5.81. The van der Waals surface area contributed by atoms with Crippen molar-refractivity contribution in [1.29, 1.82) is 0 Å². The van der Waals surface area contributed by atoms with Crippen LogP contribution < -0.4 is 5.32 Å². The Morgan fingerprint density at radius 2 is 1.82 bits per heavy atom. The number of nitrogens with one attached hydrogen (secondary N) is 1. The molecule has 1 amide bonds. The van der Waals surface area contributed by atoms with Crippen LogP contribution in [0.3, 0.4) is 0 Å². The molecule has 1 unspecified atom stereocenters. The number of carboxylic acids is 1. The van der Waals surface area contributed by atoms with Gasteiger partial charge in [0.05, 0.1) is 0 Å². The van der Waals surface area contributed by atoms with Gasteiger partial charge in [0, 0.05) is 5.92 Å². The van der Waals surface area contributed by atoms with Gasteiger partial charge in [-0.05, 0) is 33.3 Å². The van der Waals surface area contributed by atoms with Crippen molar-refractivity contribution >= 4 is 12.1 Å². The second-order valence-electron chi connectivity index (χ2n) is 5.92. The number of aliphatic carboxylic acids is 1. The Morgan fingerprint density at radius 1 is 1.23 bits per heavy atom. The molecule has 2 N–H and O–H groups in total. The van der Waals surface area contributed by atoms with Crippen molar-refractivity contribution < 1.29 is 19.4 Å². The lowest BCUT2D eigenvalue weighted by Gasteiger charge is -2.25. The quantitative estimate of drug-likeness (QED) is 0.818. The summed E-state index contributed by atoms with van der Waals surface area (Å²) in [5.74, 6) is -1.59. The molecular weight excluding hydrogens is 282 g/mol. The second-order valence-corrected chi connectivity index (χ2v) is 5.92. The van der Waals surface area contributed by atoms with Crippen LogP contribution in [-0.2, 0) is 9.53 Å². The molecule has 0 bridgehead atoms. The van der Waals surface area contributed by atoms with E-state index in [1.54, 1.807) is 32.9 Å². The average Bonchev–Trinajstić information content (AvgIpc) is 2.41. The largest absolute Gasteiger partial charge is 0.480 e. The van der Waals surface area contributed by atoms with E-state index >= 15 is 0 Å². The molecule has 5 nitrogen and oxygen atoms in total. The third kappa shape index (κ3) is 5.60. The molecule has 0 fully saturated rings. The highest BCUT2D eigenvalue weighted by Crippen LogP contribution is 2.22. The fourth-order valence-electron chi connectivity index (χ4n) is 2.04. The molecule has 1 aromatic carbocycles. The number of hydrogen-bond donors (Lipinski definition) is 2. The van der Waals surface area contributed by atoms with Gasteiger partial charge in [0.1, 0.15) is 11.6 Å². The molecule has 0 aliphatic rings. The second kappa shape index (κ2) is 7.64. The van der Waals surface area contributed by atoms with E-state index in [0.717, 1.165) is 5.56 Å². The normalized spacial score (nSPS) is 14.4. The van der Waals surface area contributed by atoms with Crippen LogP contribution in [0.1, 0.15) is 39.2 Å². The minimum absolute atomic E-state index is 0.476. The van der Waals surface area contributed by atoms with Crippen molar-refractivity contribution in [2.45, 2.75) is 45.3 Å². The van der Waals surface area contributed by atoms with E-state index in [1.165, 1.54) is 0 Å². The van der Waals surface area contributed by atoms with Crippen LogP contribution in [0.4, 0.5) is 4.79 Å². The molecule has 0 aliphatic carbocycles. The predicted octanol–water partition coefficient (Wildman–Crippen LogP) is 3.32. The Bertz CT molecular complexity index is 531. The lowest BCUT2D eigenvalue weighted by molar-refractivity contribution is -0.139. The molecule has 0 saturated carbocycles. The standard InChI is InChI=1S/C17H23NO4/c1-5-9-13(12-10-7-6-8-11-12)14(15(19)20)18-16(21)22-17(2,3)4/h5-11,13-14H,1-4H3,(H,18,21)(H,19,20)/b9-5+/t13?,14-/m0/s1. The first-order valence-corrected chi connectivity index (χ1v) is 7.14. The van der Waals surface area contributed by atoms with E-state index in [1.807, 2.05) is 37.3 Å². The van der Waals surface area contributed by atoms with Crippen molar-refractivity contribution in [3.05, 3.63) is 48.0 Å². The molecule has 2 atom stereocenters. The highest BCUT2D eigenvalue weighted by atomic mass is 16.6. The smallest absolute Gasteiger partial charge is 0.408 e. The minimum Gasteiger partial charge on any atom is -0.480 e. The molecule has 0 aromatic heterocycles. The van der Waals surface area contributed by atoms with Crippen LogP contribution in [0.25, 0.3) is 0 Å². The minimum atomic E-state index is -1.11. The van der Waals surface area contributed by atoms with Crippen LogP contribution >= 0.6 is 0 Å². The number of hydrogen-bond acceptors (Lipinski definition) is 3. The number of carbonyl (C=O) groups is 2. The van der Waals surface area contributed by atoms with Crippen LogP contribution in [0.15, 0.2) is 42.5 Å². The SMILES string of the molecule is C/C=C/C(c1ccccc1)[C@H](NC(=O)OC(C)(C)C)C(=O)O. The monoisotopic (exact) mass is 305 g/mol. The number of rotatable bonds is 5. The summed E-state index contributed by atoms with van der Waals surface area (Å²) in [5.41, 5.74) is 0.125. The Morgan fingerprint density at radius 3 is 2.27 bits per heavy atom. The van der Waals surface area contributed by atoms with E-state index in [4.69, 9.17) is 4.74 Å². The van der Waals surface area contributed by atoms with Crippen LogP contribution in [0, 0.1) is 0 Å². The van der Waals surface area contributed by atoms with Gasteiger partial charge >= 0.3 is 12.1 Å². The molecule has 0 heterocycles. The van der Waals surface area contributed by atoms with Gasteiger partial charge < -0.3 is 15.2 Å². The molecule has 5 heteroatoms. The first-order chi connectivity index (χ1) is 10.2.